The number of nitrogens with zero attached hydrogens (tertiary/aromatic N) is 6. The van der Waals surface area contributed by atoms with E-state index >= 15 is 0 Å². The summed E-state index contributed by atoms with van der Waals surface area (Å²) < 4.78 is 13.1. The Morgan fingerprint density at radius 2 is 2.09 bits per heavy atom. The lowest BCUT2D eigenvalue weighted by Crippen LogP contribution is -2.50. The fourth-order valence-corrected chi connectivity index (χ4v) is 4.34. The molecule has 168 valence electrons. The largest absolute Gasteiger partial charge is 0.403 e. The second-order valence-corrected chi connectivity index (χ2v) is 8.08. The van der Waals surface area contributed by atoms with E-state index in [9.17, 15) is 9.18 Å². The number of halogens is 1. The monoisotopic (exact) mass is 438 g/mol. The molecule has 1 aromatic heterocycles. The van der Waals surface area contributed by atoms with E-state index in [0.29, 0.717) is 18.5 Å². The highest BCUT2D eigenvalue weighted by atomic mass is 19.1. The SMILES string of the molecule is C/N=N\C(=C/N)C(=O)N1CC[C@@H](N2Cc3cnc(Nc4ccc(F)cc4)nc3C2)C[C@H]1C. The van der Waals surface area contributed by atoms with Crippen LogP contribution in [-0.4, -0.2) is 51.4 Å². The maximum absolute atomic E-state index is 13.1. The summed E-state index contributed by atoms with van der Waals surface area (Å²) in [5, 5.41) is 10.6. The number of azo groups is 1. The van der Waals surface area contributed by atoms with Crippen molar-refractivity contribution < 1.29 is 9.18 Å². The number of hydrogen-bond donors (Lipinski definition) is 2. The maximum atomic E-state index is 13.1. The first-order valence-electron chi connectivity index (χ1n) is 10.6. The first-order valence-corrected chi connectivity index (χ1v) is 10.6. The number of fused-ring (bicyclic) bond motifs is 1. The van der Waals surface area contributed by atoms with Crippen LogP contribution in [0.5, 0.6) is 0 Å². The molecule has 3 N–H and O–H groups in total. The van der Waals surface area contributed by atoms with Crippen molar-refractivity contribution >= 4 is 17.5 Å². The van der Waals surface area contributed by atoms with E-state index in [1.54, 1.807) is 12.1 Å². The number of anilines is 2. The molecular formula is C22H27FN8O. The molecule has 0 bridgehead atoms. The number of benzene rings is 1. The Kier molecular flexibility index (Phi) is 6.40. The minimum atomic E-state index is -0.284. The Labute approximate surface area is 186 Å². The molecule has 10 heteroatoms. The van der Waals surface area contributed by atoms with E-state index in [0.717, 1.165) is 42.9 Å². The summed E-state index contributed by atoms with van der Waals surface area (Å²) in [5.74, 6) is 0.0291. The number of piperidine rings is 1. The van der Waals surface area contributed by atoms with E-state index in [2.05, 4.69) is 37.3 Å². The van der Waals surface area contributed by atoms with Gasteiger partial charge in [-0.1, -0.05) is 0 Å². The van der Waals surface area contributed by atoms with Crippen molar-refractivity contribution in [3.63, 3.8) is 0 Å². The van der Waals surface area contributed by atoms with Crippen LogP contribution in [0.4, 0.5) is 16.0 Å². The van der Waals surface area contributed by atoms with Crippen molar-refractivity contribution in [3.05, 3.63) is 59.4 Å². The molecule has 0 spiro atoms. The van der Waals surface area contributed by atoms with E-state index in [1.807, 2.05) is 11.1 Å². The third kappa shape index (κ3) is 4.59. The molecular weight excluding hydrogens is 411 g/mol. The molecule has 0 radical (unpaired) electrons. The van der Waals surface area contributed by atoms with Crippen molar-refractivity contribution in [2.75, 3.05) is 18.9 Å². The predicted molar refractivity (Wildman–Crippen MR) is 118 cm³/mol. The third-order valence-electron chi connectivity index (χ3n) is 5.99. The van der Waals surface area contributed by atoms with Gasteiger partial charge in [0, 0.05) is 62.4 Å². The molecule has 2 atom stereocenters. The van der Waals surface area contributed by atoms with Gasteiger partial charge in [0.05, 0.1) is 5.69 Å². The second-order valence-electron chi connectivity index (χ2n) is 8.08. The van der Waals surface area contributed by atoms with Crippen molar-refractivity contribution in [2.24, 2.45) is 16.0 Å². The number of amides is 1. The quantitative estimate of drug-likeness (QED) is 0.548. The molecule has 0 saturated carbocycles. The number of aromatic nitrogens is 2. The lowest BCUT2D eigenvalue weighted by Gasteiger charge is -2.41. The Morgan fingerprint density at radius 1 is 1.31 bits per heavy atom. The topological polar surface area (TPSA) is 112 Å². The minimum absolute atomic E-state index is 0.0637. The molecule has 32 heavy (non-hydrogen) atoms. The van der Waals surface area contributed by atoms with E-state index in [4.69, 9.17) is 5.73 Å². The summed E-state index contributed by atoms with van der Waals surface area (Å²) in [5.41, 5.74) is 8.56. The average Bonchev–Trinajstić information content (AvgIpc) is 3.22. The van der Waals surface area contributed by atoms with Gasteiger partial charge in [0.2, 0.25) is 5.95 Å². The van der Waals surface area contributed by atoms with Gasteiger partial charge < -0.3 is 16.0 Å². The highest BCUT2D eigenvalue weighted by Crippen LogP contribution is 2.30. The van der Waals surface area contributed by atoms with Gasteiger partial charge in [-0.25, -0.2) is 14.4 Å². The fraction of sp³-hybridized carbons (Fsp3) is 0.409. The van der Waals surface area contributed by atoms with Crippen LogP contribution >= 0.6 is 0 Å². The molecule has 1 saturated heterocycles. The highest BCUT2D eigenvalue weighted by Gasteiger charge is 2.35. The second kappa shape index (κ2) is 9.39. The molecule has 9 nitrogen and oxygen atoms in total. The van der Waals surface area contributed by atoms with Crippen LogP contribution in [0.2, 0.25) is 0 Å². The molecule has 0 unspecified atom stereocenters. The van der Waals surface area contributed by atoms with Gasteiger partial charge in [0.15, 0.2) is 5.70 Å². The van der Waals surface area contributed by atoms with Crippen LogP contribution in [0.25, 0.3) is 0 Å². The lowest BCUT2D eigenvalue weighted by molar-refractivity contribution is -0.131. The molecule has 1 fully saturated rings. The molecule has 2 aromatic rings. The van der Waals surface area contributed by atoms with Gasteiger partial charge in [-0.3, -0.25) is 9.69 Å². The fourth-order valence-electron chi connectivity index (χ4n) is 4.34. The van der Waals surface area contributed by atoms with Crippen LogP contribution in [0.3, 0.4) is 0 Å². The molecule has 2 aliphatic heterocycles. The normalized spacial score (nSPS) is 21.7. The molecule has 4 rings (SSSR count). The summed E-state index contributed by atoms with van der Waals surface area (Å²) in [6.45, 7) is 4.21. The van der Waals surface area contributed by atoms with Gasteiger partial charge in [-0.15, -0.1) is 5.11 Å². The Balaban J connectivity index is 1.38. The first-order chi connectivity index (χ1) is 15.5. The zero-order valence-electron chi connectivity index (χ0n) is 18.2. The Hall–Kier alpha value is -3.40. The molecule has 1 amide bonds. The molecule has 0 aliphatic carbocycles. The third-order valence-corrected chi connectivity index (χ3v) is 5.99. The Morgan fingerprint density at radius 3 is 2.78 bits per heavy atom. The van der Waals surface area contributed by atoms with Gasteiger partial charge in [0.25, 0.3) is 5.91 Å². The van der Waals surface area contributed by atoms with Crippen molar-refractivity contribution in [1.82, 2.24) is 19.8 Å². The molecule has 3 heterocycles. The van der Waals surface area contributed by atoms with Crippen LogP contribution in [0, 0.1) is 5.82 Å². The van der Waals surface area contributed by atoms with E-state index in [-0.39, 0.29) is 23.5 Å². The molecule has 1 aromatic carbocycles. The summed E-state index contributed by atoms with van der Waals surface area (Å²) in [4.78, 5) is 26.0. The summed E-state index contributed by atoms with van der Waals surface area (Å²) in [6, 6.07) is 6.51. The Bertz CT molecular complexity index is 1040. The van der Waals surface area contributed by atoms with Gasteiger partial charge in [-0.05, 0) is 44.0 Å². The lowest BCUT2D eigenvalue weighted by atomic mass is 9.96. The van der Waals surface area contributed by atoms with Crippen molar-refractivity contribution in [3.8, 4) is 0 Å². The van der Waals surface area contributed by atoms with Gasteiger partial charge in [-0.2, -0.15) is 5.11 Å². The number of nitrogens with one attached hydrogen (secondary N) is 1. The molecule has 2 aliphatic rings. The summed E-state index contributed by atoms with van der Waals surface area (Å²) >= 11 is 0. The minimum Gasteiger partial charge on any atom is -0.403 e. The van der Waals surface area contributed by atoms with Gasteiger partial charge in [0.1, 0.15) is 5.82 Å². The maximum Gasteiger partial charge on any atom is 0.276 e. The van der Waals surface area contributed by atoms with Crippen LogP contribution in [0.1, 0.15) is 31.0 Å². The highest BCUT2D eigenvalue weighted by molar-refractivity contribution is 5.93. The predicted octanol–water partition coefficient (Wildman–Crippen LogP) is 2.94. The number of rotatable bonds is 5. The van der Waals surface area contributed by atoms with Crippen LogP contribution < -0.4 is 11.1 Å². The number of hydrogen-bond acceptors (Lipinski definition) is 8. The standard InChI is InChI=1S/C22H27FN8O/c1-14-9-18(7-8-31(14)21(32)19(10-24)29-25-2)30-12-15-11-26-22(28-20(15)13-30)27-17-5-3-16(23)4-6-17/h3-6,10-11,14,18H,7-9,12-13,24H2,1-2H3,(H,26,27,28)/b19-10-,29-25-/t14-,18-/m1/s1. The van der Waals surface area contributed by atoms with Crippen LogP contribution in [0.15, 0.2) is 52.6 Å². The number of likely N-dealkylation sites (tertiary alicyclic amines) is 1. The van der Waals surface area contributed by atoms with Crippen LogP contribution in [-0.2, 0) is 17.9 Å². The van der Waals surface area contributed by atoms with Crippen molar-refractivity contribution in [2.45, 2.75) is 44.9 Å². The smallest absolute Gasteiger partial charge is 0.276 e. The average molecular weight is 439 g/mol. The van der Waals surface area contributed by atoms with E-state index in [1.165, 1.54) is 25.4 Å². The number of nitrogens with two attached hydrogens (primary N) is 1. The zero-order valence-corrected chi connectivity index (χ0v) is 18.2. The number of carbonyl (C=O) groups excluding carboxylic acids is 1. The number of carbonyl (C=O) groups is 1. The first kappa shape index (κ1) is 21.8. The van der Waals surface area contributed by atoms with Crippen molar-refractivity contribution in [1.29, 1.82) is 0 Å². The summed E-state index contributed by atoms with van der Waals surface area (Å²) in [6.07, 6.45) is 4.78. The summed E-state index contributed by atoms with van der Waals surface area (Å²) in [7, 11) is 1.51. The van der Waals surface area contributed by atoms with Gasteiger partial charge >= 0.3 is 0 Å². The zero-order chi connectivity index (χ0) is 22.7. The van der Waals surface area contributed by atoms with E-state index < -0.39 is 0 Å².